The number of benzene rings is 2. The van der Waals surface area contributed by atoms with Crippen LogP contribution in [0.25, 0.3) is 0 Å². The number of rotatable bonds is 8. The summed E-state index contributed by atoms with van der Waals surface area (Å²) in [7, 11) is 5.62. The number of halogens is 1. The molecule has 5 nitrogen and oxygen atoms in total. The summed E-state index contributed by atoms with van der Waals surface area (Å²) in [6.45, 7) is 2.49. The second kappa shape index (κ2) is 9.57. The van der Waals surface area contributed by atoms with Crippen LogP contribution in [0.5, 0.6) is 5.75 Å². The second-order valence-electron chi connectivity index (χ2n) is 6.35. The SMILES string of the molecule is COc1ccc(Cl)cc1NC(=O)[C@H](C)NC[C@@H](c1ccccc1)N(C)C. The average molecular weight is 376 g/mol. The number of hydrogen-bond donors (Lipinski definition) is 2. The van der Waals surface area contributed by atoms with E-state index in [1.807, 2.05) is 39.2 Å². The highest BCUT2D eigenvalue weighted by Gasteiger charge is 2.19. The number of amides is 1. The number of nitrogens with one attached hydrogen (secondary N) is 2. The van der Waals surface area contributed by atoms with Gasteiger partial charge < -0.3 is 20.3 Å². The fourth-order valence-corrected chi connectivity index (χ4v) is 2.85. The predicted octanol–water partition coefficient (Wildman–Crippen LogP) is 3.57. The van der Waals surface area contributed by atoms with Gasteiger partial charge in [0.25, 0.3) is 0 Å². The molecule has 0 unspecified atom stereocenters. The van der Waals surface area contributed by atoms with E-state index in [1.165, 1.54) is 5.56 Å². The number of likely N-dealkylation sites (N-methyl/N-ethyl adjacent to an activating group) is 1. The number of anilines is 1. The van der Waals surface area contributed by atoms with E-state index < -0.39 is 0 Å². The first-order valence-electron chi connectivity index (χ1n) is 8.51. The molecule has 0 bridgehead atoms. The molecule has 0 heterocycles. The molecule has 0 aromatic heterocycles. The molecule has 1 amide bonds. The summed E-state index contributed by atoms with van der Waals surface area (Å²) < 4.78 is 5.27. The van der Waals surface area contributed by atoms with Gasteiger partial charge in [-0.25, -0.2) is 0 Å². The fraction of sp³-hybridized carbons (Fsp3) is 0.350. The Morgan fingerprint density at radius 3 is 2.50 bits per heavy atom. The lowest BCUT2D eigenvalue weighted by Crippen LogP contribution is -2.42. The first-order valence-corrected chi connectivity index (χ1v) is 8.89. The van der Waals surface area contributed by atoms with Crippen molar-refractivity contribution in [1.82, 2.24) is 10.2 Å². The van der Waals surface area contributed by atoms with Crippen molar-refractivity contribution in [2.24, 2.45) is 0 Å². The van der Waals surface area contributed by atoms with Gasteiger partial charge in [0.15, 0.2) is 0 Å². The maximum atomic E-state index is 12.5. The van der Waals surface area contributed by atoms with Gasteiger partial charge in [-0.05, 0) is 44.8 Å². The third-order valence-corrected chi connectivity index (χ3v) is 4.47. The average Bonchev–Trinajstić information content (AvgIpc) is 2.62. The van der Waals surface area contributed by atoms with Crippen molar-refractivity contribution in [1.29, 1.82) is 0 Å². The maximum absolute atomic E-state index is 12.5. The summed E-state index contributed by atoms with van der Waals surface area (Å²) in [6, 6.07) is 15.2. The Balaban J connectivity index is 1.99. The van der Waals surface area contributed by atoms with Crippen LogP contribution in [0.4, 0.5) is 5.69 Å². The van der Waals surface area contributed by atoms with Crippen LogP contribution in [0.1, 0.15) is 18.5 Å². The summed E-state index contributed by atoms with van der Waals surface area (Å²) in [5, 5.41) is 6.72. The van der Waals surface area contributed by atoms with Gasteiger partial charge in [0, 0.05) is 17.6 Å². The number of ether oxygens (including phenoxy) is 1. The molecule has 0 aliphatic carbocycles. The number of carbonyl (C=O) groups is 1. The fourth-order valence-electron chi connectivity index (χ4n) is 2.67. The van der Waals surface area contributed by atoms with Gasteiger partial charge in [-0.3, -0.25) is 4.79 Å². The van der Waals surface area contributed by atoms with E-state index in [0.717, 1.165) is 0 Å². The highest BCUT2D eigenvalue weighted by atomic mass is 35.5. The molecule has 0 fully saturated rings. The van der Waals surface area contributed by atoms with E-state index in [2.05, 4.69) is 27.7 Å². The molecule has 26 heavy (non-hydrogen) atoms. The third-order valence-electron chi connectivity index (χ3n) is 4.24. The lowest BCUT2D eigenvalue weighted by molar-refractivity contribution is -0.117. The molecule has 0 aliphatic rings. The monoisotopic (exact) mass is 375 g/mol. The van der Waals surface area contributed by atoms with Gasteiger partial charge in [-0.15, -0.1) is 0 Å². The molecule has 0 radical (unpaired) electrons. The molecule has 2 aromatic rings. The second-order valence-corrected chi connectivity index (χ2v) is 6.79. The zero-order chi connectivity index (χ0) is 19.1. The smallest absolute Gasteiger partial charge is 0.241 e. The van der Waals surface area contributed by atoms with E-state index >= 15 is 0 Å². The van der Waals surface area contributed by atoms with Crippen molar-refractivity contribution in [2.75, 3.05) is 33.1 Å². The summed E-state index contributed by atoms with van der Waals surface area (Å²) in [6.07, 6.45) is 0. The van der Waals surface area contributed by atoms with Crippen molar-refractivity contribution in [3.05, 3.63) is 59.1 Å². The van der Waals surface area contributed by atoms with Gasteiger partial charge in [0.2, 0.25) is 5.91 Å². The van der Waals surface area contributed by atoms with Crippen LogP contribution in [0.3, 0.4) is 0 Å². The van der Waals surface area contributed by atoms with Crippen molar-refractivity contribution in [2.45, 2.75) is 19.0 Å². The number of carbonyl (C=O) groups excluding carboxylic acids is 1. The molecular weight excluding hydrogens is 350 g/mol. The minimum atomic E-state index is -0.371. The lowest BCUT2D eigenvalue weighted by atomic mass is 10.1. The Hall–Kier alpha value is -2.08. The molecule has 140 valence electrons. The van der Waals surface area contributed by atoms with Crippen LogP contribution in [0.15, 0.2) is 48.5 Å². The molecule has 2 atom stereocenters. The van der Waals surface area contributed by atoms with E-state index in [0.29, 0.717) is 23.0 Å². The van der Waals surface area contributed by atoms with Gasteiger partial charge >= 0.3 is 0 Å². The lowest BCUT2D eigenvalue weighted by Gasteiger charge is -2.26. The minimum absolute atomic E-state index is 0.142. The summed E-state index contributed by atoms with van der Waals surface area (Å²) in [5.74, 6) is 0.432. The van der Waals surface area contributed by atoms with E-state index in [1.54, 1.807) is 25.3 Å². The largest absolute Gasteiger partial charge is 0.495 e. The Morgan fingerprint density at radius 2 is 1.88 bits per heavy atom. The zero-order valence-electron chi connectivity index (χ0n) is 15.6. The van der Waals surface area contributed by atoms with Crippen molar-refractivity contribution >= 4 is 23.2 Å². The maximum Gasteiger partial charge on any atom is 0.241 e. The van der Waals surface area contributed by atoms with Crippen LogP contribution in [0, 0.1) is 0 Å². The Morgan fingerprint density at radius 1 is 1.19 bits per heavy atom. The van der Waals surface area contributed by atoms with Crippen molar-refractivity contribution in [3.8, 4) is 5.75 Å². The quantitative estimate of drug-likeness (QED) is 0.740. The standard InChI is InChI=1S/C20H26ClN3O2/c1-14(20(25)23-17-12-16(21)10-11-19(17)26-4)22-13-18(24(2)3)15-8-6-5-7-9-15/h5-12,14,18,22H,13H2,1-4H3,(H,23,25)/t14-,18-/m0/s1. The third kappa shape index (κ3) is 5.46. The molecule has 2 aromatic carbocycles. The van der Waals surface area contributed by atoms with E-state index in [-0.39, 0.29) is 18.0 Å². The molecule has 0 saturated heterocycles. The summed E-state index contributed by atoms with van der Waals surface area (Å²) in [4.78, 5) is 14.7. The molecule has 0 saturated carbocycles. The molecule has 0 spiro atoms. The van der Waals surface area contributed by atoms with Gasteiger partial charge in [0.05, 0.1) is 18.8 Å². The van der Waals surface area contributed by atoms with Crippen LogP contribution in [-0.4, -0.2) is 44.6 Å². The Bertz CT molecular complexity index is 722. The highest BCUT2D eigenvalue weighted by molar-refractivity contribution is 6.31. The molecule has 6 heteroatoms. The first kappa shape index (κ1) is 20.2. The van der Waals surface area contributed by atoms with Crippen LogP contribution >= 0.6 is 11.6 Å². The zero-order valence-corrected chi connectivity index (χ0v) is 16.4. The van der Waals surface area contributed by atoms with Crippen LogP contribution < -0.4 is 15.4 Å². The van der Waals surface area contributed by atoms with Gasteiger partial charge in [-0.2, -0.15) is 0 Å². The summed E-state index contributed by atoms with van der Waals surface area (Å²) >= 11 is 6.01. The number of hydrogen-bond acceptors (Lipinski definition) is 4. The topological polar surface area (TPSA) is 53.6 Å². The first-order chi connectivity index (χ1) is 12.4. The van der Waals surface area contributed by atoms with E-state index in [9.17, 15) is 4.79 Å². The molecule has 0 aliphatic heterocycles. The Labute approximate surface area is 160 Å². The highest BCUT2D eigenvalue weighted by Crippen LogP contribution is 2.27. The normalized spacial score (nSPS) is 13.3. The Kier molecular flexibility index (Phi) is 7.45. The van der Waals surface area contributed by atoms with Crippen molar-refractivity contribution in [3.63, 3.8) is 0 Å². The van der Waals surface area contributed by atoms with Crippen molar-refractivity contribution < 1.29 is 9.53 Å². The van der Waals surface area contributed by atoms with Gasteiger partial charge in [-0.1, -0.05) is 41.9 Å². The predicted molar refractivity (Wildman–Crippen MR) is 107 cm³/mol. The van der Waals surface area contributed by atoms with E-state index in [4.69, 9.17) is 16.3 Å². The summed E-state index contributed by atoms with van der Waals surface area (Å²) in [5.41, 5.74) is 1.76. The number of methoxy groups -OCH3 is 1. The van der Waals surface area contributed by atoms with Gasteiger partial charge in [0.1, 0.15) is 5.75 Å². The van der Waals surface area contributed by atoms with Crippen LogP contribution in [0.2, 0.25) is 5.02 Å². The molecule has 2 N–H and O–H groups in total. The molecule has 2 rings (SSSR count). The van der Waals surface area contributed by atoms with Crippen LogP contribution in [-0.2, 0) is 4.79 Å². The molecular formula is C20H26ClN3O2. The number of nitrogens with zero attached hydrogens (tertiary/aromatic N) is 1. The minimum Gasteiger partial charge on any atom is -0.495 e.